The Morgan fingerprint density at radius 1 is 1.38 bits per heavy atom. The number of ether oxygens (including phenoxy) is 2. The van der Waals surface area contributed by atoms with Crippen molar-refractivity contribution in [3.63, 3.8) is 0 Å². The summed E-state index contributed by atoms with van der Waals surface area (Å²) in [5.41, 5.74) is -0.696. The van der Waals surface area contributed by atoms with Crippen LogP contribution in [0.15, 0.2) is 17.0 Å². The summed E-state index contributed by atoms with van der Waals surface area (Å²) in [6, 6.07) is 0.806. The van der Waals surface area contributed by atoms with Gasteiger partial charge in [-0.05, 0) is 18.9 Å². The monoisotopic (exact) mass is 321 g/mol. The van der Waals surface area contributed by atoms with Gasteiger partial charge in [0.2, 0.25) is 10.0 Å². The van der Waals surface area contributed by atoms with Crippen LogP contribution in [0.25, 0.3) is 0 Å². The molecule has 0 bridgehead atoms. The number of sulfonamides is 1. The summed E-state index contributed by atoms with van der Waals surface area (Å²) in [5.74, 6) is -3.70. The predicted octanol–water partition coefficient (Wildman–Crippen LogP) is 0.948. The highest BCUT2D eigenvalue weighted by Gasteiger charge is 2.24. The number of hydrogen-bond donors (Lipinski definition) is 1. The molecule has 1 atom stereocenters. The molecule has 1 fully saturated rings. The molecule has 0 amide bonds. The molecule has 9 heteroatoms. The molecule has 1 saturated heterocycles. The van der Waals surface area contributed by atoms with E-state index in [0.717, 1.165) is 6.42 Å². The fourth-order valence-corrected chi connectivity index (χ4v) is 2.54. The molecule has 1 aliphatic heterocycles. The molecular weight excluding hydrogens is 308 g/mol. The van der Waals surface area contributed by atoms with E-state index in [-0.39, 0.29) is 18.8 Å². The van der Waals surface area contributed by atoms with Gasteiger partial charge >= 0.3 is 5.97 Å². The number of esters is 1. The third-order valence-electron chi connectivity index (χ3n) is 2.97. The summed E-state index contributed by atoms with van der Waals surface area (Å²) < 4.78 is 59.3. The van der Waals surface area contributed by atoms with Crippen LogP contribution in [0.3, 0.4) is 0 Å². The highest BCUT2D eigenvalue weighted by Crippen LogP contribution is 2.20. The van der Waals surface area contributed by atoms with Gasteiger partial charge in [-0.1, -0.05) is 0 Å². The molecule has 116 valence electrons. The molecule has 6 nitrogen and oxygen atoms in total. The molecule has 1 aromatic carbocycles. The van der Waals surface area contributed by atoms with Crippen LogP contribution in [0.2, 0.25) is 0 Å². The fourth-order valence-electron chi connectivity index (χ4n) is 1.93. The Morgan fingerprint density at radius 2 is 2.10 bits per heavy atom. The van der Waals surface area contributed by atoms with Crippen molar-refractivity contribution in [2.24, 2.45) is 5.14 Å². The fraction of sp³-hybridized carbons (Fsp3) is 0.417. The van der Waals surface area contributed by atoms with E-state index in [1.165, 1.54) is 0 Å². The van der Waals surface area contributed by atoms with E-state index >= 15 is 0 Å². The van der Waals surface area contributed by atoms with E-state index in [4.69, 9.17) is 14.6 Å². The van der Waals surface area contributed by atoms with Crippen LogP contribution in [0.4, 0.5) is 8.78 Å². The number of rotatable bonds is 4. The molecule has 0 radical (unpaired) electrons. The van der Waals surface area contributed by atoms with Gasteiger partial charge in [-0.3, -0.25) is 0 Å². The number of carbonyl (C=O) groups excluding carboxylic acids is 1. The maximum absolute atomic E-state index is 13.6. The Balaban J connectivity index is 2.20. The van der Waals surface area contributed by atoms with Crippen molar-refractivity contribution in [3.8, 4) is 0 Å². The summed E-state index contributed by atoms with van der Waals surface area (Å²) >= 11 is 0. The van der Waals surface area contributed by atoms with Crippen molar-refractivity contribution < 1.29 is 31.5 Å². The molecule has 1 aromatic rings. The summed E-state index contributed by atoms with van der Waals surface area (Å²) in [7, 11) is -4.41. The average Bonchev–Trinajstić information content (AvgIpc) is 2.87. The van der Waals surface area contributed by atoms with E-state index < -0.39 is 38.1 Å². The lowest BCUT2D eigenvalue weighted by Crippen LogP contribution is -2.20. The molecule has 2 rings (SSSR count). The zero-order valence-corrected chi connectivity index (χ0v) is 11.7. The maximum atomic E-state index is 13.6. The van der Waals surface area contributed by atoms with Crippen molar-refractivity contribution in [2.45, 2.75) is 23.8 Å². The standard InChI is InChI=1S/C12H13F2NO5S/c13-9-5-10(14)11(21(15,17)18)4-8(9)12(16)20-6-7-2-1-3-19-7/h4-5,7H,1-3,6H2,(H2,15,17,18). The topological polar surface area (TPSA) is 95.7 Å². The normalized spacial score (nSPS) is 18.7. The second-order valence-electron chi connectivity index (χ2n) is 4.54. The lowest BCUT2D eigenvalue weighted by molar-refractivity contribution is 0.0157. The van der Waals surface area contributed by atoms with Gasteiger partial charge in [-0.25, -0.2) is 27.1 Å². The SMILES string of the molecule is NS(=O)(=O)c1cc(C(=O)OCC2CCCO2)c(F)cc1F. The van der Waals surface area contributed by atoms with Crippen LogP contribution in [0, 0.1) is 11.6 Å². The molecular formula is C12H13F2NO5S. The first-order chi connectivity index (χ1) is 9.79. The van der Waals surface area contributed by atoms with Crippen LogP contribution < -0.4 is 5.14 Å². The molecule has 1 heterocycles. The third-order valence-corrected chi connectivity index (χ3v) is 3.90. The number of halogens is 2. The van der Waals surface area contributed by atoms with E-state index in [2.05, 4.69) is 0 Å². The molecule has 0 aliphatic carbocycles. The van der Waals surface area contributed by atoms with Crippen LogP contribution in [-0.2, 0) is 19.5 Å². The summed E-state index contributed by atoms with van der Waals surface area (Å²) in [6.07, 6.45) is 1.28. The number of primary sulfonamides is 1. The molecule has 1 aliphatic rings. The Morgan fingerprint density at radius 3 is 2.67 bits per heavy atom. The van der Waals surface area contributed by atoms with Crippen molar-refractivity contribution in [2.75, 3.05) is 13.2 Å². The quantitative estimate of drug-likeness (QED) is 0.833. The zero-order chi connectivity index (χ0) is 15.6. The van der Waals surface area contributed by atoms with Gasteiger partial charge in [0.25, 0.3) is 0 Å². The average molecular weight is 321 g/mol. The van der Waals surface area contributed by atoms with Gasteiger partial charge in [-0.2, -0.15) is 0 Å². The first kappa shape index (κ1) is 15.8. The lowest BCUT2D eigenvalue weighted by atomic mass is 10.2. The minimum absolute atomic E-state index is 0.0830. The van der Waals surface area contributed by atoms with Crippen molar-refractivity contribution in [1.82, 2.24) is 0 Å². The molecule has 1 unspecified atom stereocenters. The van der Waals surface area contributed by atoms with Crippen LogP contribution in [0.5, 0.6) is 0 Å². The predicted molar refractivity (Wildman–Crippen MR) is 67.0 cm³/mol. The minimum Gasteiger partial charge on any atom is -0.459 e. The minimum atomic E-state index is -4.41. The van der Waals surface area contributed by atoms with E-state index in [9.17, 15) is 22.0 Å². The molecule has 0 spiro atoms. The van der Waals surface area contributed by atoms with Crippen molar-refractivity contribution in [1.29, 1.82) is 0 Å². The number of benzene rings is 1. The first-order valence-electron chi connectivity index (χ1n) is 6.09. The molecule has 0 aromatic heterocycles. The number of hydrogen-bond acceptors (Lipinski definition) is 5. The molecule has 21 heavy (non-hydrogen) atoms. The zero-order valence-electron chi connectivity index (χ0n) is 10.8. The first-order valence-corrected chi connectivity index (χ1v) is 7.64. The van der Waals surface area contributed by atoms with Gasteiger partial charge in [0.15, 0.2) is 0 Å². The highest BCUT2D eigenvalue weighted by atomic mass is 32.2. The van der Waals surface area contributed by atoms with Gasteiger partial charge in [0.1, 0.15) is 23.1 Å². The molecule has 0 saturated carbocycles. The Hall–Kier alpha value is -1.58. The third kappa shape index (κ3) is 3.74. The molecule has 2 N–H and O–H groups in total. The van der Waals surface area contributed by atoms with E-state index in [1.54, 1.807) is 0 Å². The van der Waals surface area contributed by atoms with Gasteiger partial charge in [-0.15, -0.1) is 0 Å². The summed E-state index contributed by atoms with van der Waals surface area (Å²) in [4.78, 5) is 10.8. The van der Waals surface area contributed by atoms with E-state index in [0.29, 0.717) is 19.1 Å². The number of nitrogens with two attached hydrogens (primary N) is 1. The smallest absolute Gasteiger partial charge is 0.341 e. The maximum Gasteiger partial charge on any atom is 0.341 e. The van der Waals surface area contributed by atoms with Crippen molar-refractivity contribution >= 4 is 16.0 Å². The summed E-state index contributed by atoms with van der Waals surface area (Å²) in [5, 5.41) is 4.79. The van der Waals surface area contributed by atoms with Crippen molar-refractivity contribution in [3.05, 3.63) is 29.3 Å². The second-order valence-corrected chi connectivity index (χ2v) is 6.07. The highest BCUT2D eigenvalue weighted by molar-refractivity contribution is 7.89. The van der Waals surface area contributed by atoms with Crippen LogP contribution >= 0.6 is 0 Å². The van der Waals surface area contributed by atoms with E-state index in [1.807, 2.05) is 0 Å². The Labute approximate surface area is 119 Å². The van der Waals surface area contributed by atoms with Gasteiger partial charge < -0.3 is 9.47 Å². The second kappa shape index (κ2) is 6.04. The Bertz CT molecular complexity index is 656. The lowest BCUT2D eigenvalue weighted by Gasteiger charge is -2.11. The van der Waals surface area contributed by atoms with Crippen LogP contribution in [-0.4, -0.2) is 33.7 Å². The Kier molecular flexibility index (Phi) is 4.55. The van der Waals surface area contributed by atoms with Gasteiger partial charge in [0.05, 0.1) is 11.7 Å². The number of carbonyl (C=O) groups is 1. The largest absolute Gasteiger partial charge is 0.459 e. The summed E-state index contributed by atoms with van der Waals surface area (Å²) in [6.45, 7) is 0.475. The van der Waals surface area contributed by atoms with Gasteiger partial charge in [0, 0.05) is 12.7 Å². The van der Waals surface area contributed by atoms with Crippen LogP contribution in [0.1, 0.15) is 23.2 Å².